The molecule has 1 aliphatic carbocycles. The van der Waals surface area contributed by atoms with Crippen LogP contribution in [-0.2, 0) is 9.53 Å². The van der Waals surface area contributed by atoms with Gasteiger partial charge >= 0.3 is 5.97 Å². The lowest BCUT2D eigenvalue weighted by Crippen LogP contribution is -2.44. The Morgan fingerprint density at radius 1 is 1.12 bits per heavy atom. The summed E-state index contributed by atoms with van der Waals surface area (Å²) in [5.41, 5.74) is 4.74. The summed E-state index contributed by atoms with van der Waals surface area (Å²) in [5, 5.41) is 9.65. The van der Waals surface area contributed by atoms with E-state index in [1.165, 1.54) is 18.4 Å². The SMILES string of the molecule is CCCCOCCOc1ccc(C2=C3\C=CC(C(=O)O)CN3C3CCCC/C3=C/C=C\2)cc1. The average molecular weight is 450 g/mol. The van der Waals surface area contributed by atoms with Crippen molar-refractivity contribution in [3.05, 3.63) is 71.5 Å². The number of carbonyl (C=O) groups is 1. The summed E-state index contributed by atoms with van der Waals surface area (Å²) in [6.45, 7) is 4.59. The van der Waals surface area contributed by atoms with Crippen LogP contribution in [0.4, 0.5) is 0 Å². The van der Waals surface area contributed by atoms with Gasteiger partial charge in [0.2, 0.25) is 0 Å². The lowest BCUT2D eigenvalue weighted by Gasteiger charge is -2.42. The van der Waals surface area contributed by atoms with Crippen LogP contribution in [0.2, 0.25) is 0 Å². The molecule has 0 amide bonds. The molecule has 176 valence electrons. The molecule has 1 N–H and O–H groups in total. The molecule has 2 atom stereocenters. The fourth-order valence-electron chi connectivity index (χ4n) is 4.84. The number of fused-ring (bicyclic) bond motifs is 3. The van der Waals surface area contributed by atoms with Crippen molar-refractivity contribution in [2.75, 3.05) is 26.4 Å². The van der Waals surface area contributed by atoms with E-state index in [-0.39, 0.29) is 6.04 Å². The van der Waals surface area contributed by atoms with Crippen LogP contribution in [0.5, 0.6) is 5.75 Å². The maximum atomic E-state index is 11.7. The lowest BCUT2D eigenvalue weighted by molar-refractivity contribution is -0.140. The highest BCUT2D eigenvalue weighted by atomic mass is 16.5. The number of nitrogens with zero attached hydrogens (tertiary/aromatic N) is 1. The smallest absolute Gasteiger partial charge is 0.312 e. The zero-order chi connectivity index (χ0) is 23.0. The molecule has 0 bridgehead atoms. The van der Waals surface area contributed by atoms with E-state index in [0.717, 1.165) is 54.9 Å². The first-order valence-electron chi connectivity index (χ1n) is 12.3. The largest absolute Gasteiger partial charge is 0.491 e. The van der Waals surface area contributed by atoms with Gasteiger partial charge in [-0.3, -0.25) is 4.79 Å². The van der Waals surface area contributed by atoms with E-state index in [1.54, 1.807) is 0 Å². The molecular formula is C28H35NO4. The Labute approximate surface area is 197 Å². The molecule has 0 spiro atoms. The molecule has 1 aromatic rings. The van der Waals surface area contributed by atoms with Crippen molar-refractivity contribution < 1.29 is 19.4 Å². The fraction of sp³-hybridized carbons (Fsp3) is 0.464. The maximum Gasteiger partial charge on any atom is 0.312 e. The second-order valence-electron chi connectivity index (χ2n) is 8.96. The van der Waals surface area contributed by atoms with Crippen molar-refractivity contribution in [2.24, 2.45) is 5.92 Å². The minimum absolute atomic E-state index is 0.274. The topological polar surface area (TPSA) is 59.0 Å². The van der Waals surface area contributed by atoms with Gasteiger partial charge < -0.3 is 19.5 Å². The fourth-order valence-corrected chi connectivity index (χ4v) is 4.84. The Morgan fingerprint density at radius 3 is 2.76 bits per heavy atom. The van der Waals surface area contributed by atoms with E-state index in [4.69, 9.17) is 9.47 Å². The van der Waals surface area contributed by atoms with Crippen LogP contribution in [0.1, 0.15) is 51.0 Å². The molecule has 2 unspecified atom stereocenters. The molecule has 0 aromatic heterocycles. The molecule has 5 heteroatoms. The Bertz CT molecular complexity index is 941. The van der Waals surface area contributed by atoms with Crippen molar-refractivity contribution in [2.45, 2.75) is 51.5 Å². The van der Waals surface area contributed by atoms with E-state index in [2.05, 4.69) is 42.2 Å². The van der Waals surface area contributed by atoms with E-state index >= 15 is 0 Å². The second-order valence-corrected chi connectivity index (χ2v) is 8.96. The van der Waals surface area contributed by atoms with Gasteiger partial charge in [-0.1, -0.05) is 56.2 Å². The summed E-state index contributed by atoms with van der Waals surface area (Å²) in [6.07, 6.45) is 17.2. The van der Waals surface area contributed by atoms with Gasteiger partial charge in [-0.25, -0.2) is 0 Å². The highest BCUT2D eigenvalue weighted by molar-refractivity contribution is 5.80. The van der Waals surface area contributed by atoms with Gasteiger partial charge in [-0.2, -0.15) is 0 Å². The summed E-state index contributed by atoms with van der Waals surface area (Å²) < 4.78 is 11.4. The van der Waals surface area contributed by atoms with Gasteiger partial charge in [0.05, 0.1) is 18.6 Å². The first-order chi connectivity index (χ1) is 16.2. The van der Waals surface area contributed by atoms with Crippen LogP contribution in [0.25, 0.3) is 5.57 Å². The molecule has 1 aromatic carbocycles. The highest BCUT2D eigenvalue weighted by Gasteiger charge is 2.33. The minimum Gasteiger partial charge on any atom is -0.491 e. The minimum atomic E-state index is -0.758. The van der Waals surface area contributed by atoms with Gasteiger partial charge in [-0.05, 0) is 55.0 Å². The monoisotopic (exact) mass is 449 g/mol. The number of aliphatic carboxylic acids is 1. The standard InChI is InChI=1S/C28H35NO4/c1-2-3-17-32-18-19-33-24-14-11-21(12-15-24)25-9-6-8-22-7-4-5-10-26(22)29-20-23(28(30)31)13-16-27(25)29/h6,8-9,11-16,23,26H,2-5,7,10,17-20H2,1H3,(H,30,31)/b9-6-,22-8-,27-25+. The van der Waals surface area contributed by atoms with Gasteiger partial charge in [0, 0.05) is 24.4 Å². The predicted octanol–water partition coefficient (Wildman–Crippen LogP) is 5.60. The van der Waals surface area contributed by atoms with Gasteiger partial charge in [0.25, 0.3) is 0 Å². The Hall–Kier alpha value is -2.79. The third-order valence-electron chi connectivity index (χ3n) is 6.66. The van der Waals surface area contributed by atoms with Gasteiger partial charge in [0.15, 0.2) is 0 Å². The molecule has 33 heavy (non-hydrogen) atoms. The Balaban J connectivity index is 1.56. The van der Waals surface area contributed by atoms with E-state index in [9.17, 15) is 9.90 Å². The van der Waals surface area contributed by atoms with Gasteiger partial charge in [0.1, 0.15) is 12.4 Å². The summed E-state index contributed by atoms with van der Waals surface area (Å²) in [6, 6.07) is 8.45. The zero-order valence-corrected chi connectivity index (χ0v) is 19.5. The van der Waals surface area contributed by atoms with Crippen molar-refractivity contribution in [3.8, 4) is 5.75 Å². The number of rotatable bonds is 9. The first kappa shape index (κ1) is 23.4. The van der Waals surface area contributed by atoms with Crippen molar-refractivity contribution in [1.82, 2.24) is 4.90 Å². The van der Waals surface area contributed by atoms with Crippen LogP contribution < -0.4 is 4.74 Å². The van der Waals surface area contributed by atoms with Crippen LogP contribution in [0, 0.1) is 5.92 Å². The summed E-state index contributed by atoms with van der Waals surface area (Å²) in [4.78, 5) is 14.1. The summed E-state index contributed by atoms with van der Waals surface area (Å²) >= 11 is 0. The molecule has 1 saturated carbocycles. The van der Waals surface area contributed by atoms with Crippen molar-refractivity contribution in [3.63, 3.8) is 0 Å². The second kappa shape index (κ2) is 11.4. The van der Waals surface area contributed by atoms with E-state index in [0.29, 0.717) is 19.8 Å². The van der Waals surface area contributed by atoms with Crippen molar-refractivity contribution in [1.29, 1.82) is 0 Å². The Kier molecular flexibility index (Phi) is 8.05. The average Bonchev–Trinajstić information content (AvgIpc) is 2.83. The third-order valence-corrected chi connectivity index (χ3v) is 6.66. The van der Waals surface area contributed by atoms with Gasteiger partial charge in [-0.15, -0.1) is 0 Å². The van der Waals surface area contributed by atoms with Crippen molar-refractivity contribution >= 4 is 11.5 Å². The summed E-state index contributed by atoms with van der Waals surface area (Å²) in [7, 11) is 0. The number of hydrogen-bond acceptors (Lipinski definition) is 4. The normalized spacial score (nSPS) is 26.9. The van der Waals surface area contributed by atoms with E-state index in [1.807, 2.05) is 24.3 Å². The van der Waals surface area contributed by atoms with Crippen LogP contribution in [0.15, 0.2) is 65.9 Å². The number of hydrogen-bond donors (Lipinski definition) is 1. The number of unbranched alkanes of at least 4 members (excludes halogenated alkanes) is 1. The molecule has 0 radical (unpaired) electrons. The number of allylic oxidation sites excluding steroid dienone is 5. The highest BCUT2D eigenvalue weighted by Crippen LogP contribution is 2.38. The third kappa shape index (κ3) is 5.77. The van der Waals surface area contributed by atoms with Crippen LogP contribution in [0.3, 0.4) is 0 Å². The number of benzene rings is 1. The molecule has 3 aliphatic rings. The maximum absolute atomic E-state index is 11.7. The molecule has 5 nitrogen and oxygen atoms in total. The lowest BCUT2D eigenvalue weighted by atomic mass is 9.84. The Morgan fingerprint density at radius 2 is 1.97 bits per heavy atom. The summed E-state index contributed by atoms with van der Waals surface area (Å²) in [5.74, 6) is -0.405. The predicted molar refractivity (Wildman–Crippen MR) is 131 cm³/mol. The van der Waals surface area contributed by atoms with E-state index < -0.39 is 11.9 Å². The first-order valence-corrected chi connectivity index (χ1v) is 12.3. The number of carboxylic acid groups (broad SMARTS) is 1. The van der Waals surface area contributed by atoms with Crippen LogP contribution >= 0.6 is 0 Å². The molecule has 1 fully saturated rings. The molecule has 4 rings (SSSR count). The molecular weight excluding hydrogens is 414 g/mol. The molecule has 2 aliphatic heterocycles. The molecule has 2 heterocycles. The van der Waals surface area contributed by atoms with Crippen LogP contribution in [-0.4, -0.2) is 48.4 Å². The number of ether oxygens (including phenoxy) is 2. The number of carboxylic acids is 1. The zero-order valence-electron chi connectivity index (χ0n) is 19.5. The quantitative estimate of drug-likeness (QED) is 0.497. The molecule has 0 saturated heterocycles.